The maximum Gasteiger partial charge on any atom is 0.179 e. The SMILES string of the molecule is Cc1ccc(CN(C)C#N)c(C)c1C. The fraction of sp³-hybridized carbons (Fsp3) is 0.417. The summed E-state index contributed by atoms with van der Waals surface area (Å²) < 4.78 is 0. The van der Waals surface area contributed by atoms with Gasteiger partial charge in [0.1, 0.15) is 0 Å². The number of nitrogens with zero attached hydrogens (tertiary/aromatic N) is 2. The molecule has 0 aliphatic rings. The van der Waals surface area contributed by atoms with Crippen molar-refractivity contribution in [3.8, 4) is 6.19 Å². The summed E-state index contributed by atoms with van der Waals surface area (Å²) in [6.07, 6.45) is 2.11. The summed E-state index contributed by atoms with van der Waals surface area (Å²) in [5.41, 5.74) is 5.17. The van der Waals surface area contributed by atoms with Crippen LogP contribution in [0, 0.1) is 32.2 Å². The van der Waals surface area contributed by atoms with Crippen LogP contribution < -0.4 is 0 Å². The average molecular weight is 188 g/mol. The number of nitriles is 1. The first-order chi connectivity index (χ1) is 6.56. The highest BCUT2D eigenvalue weighted by atomic mass is 15.1. The van der Waals surface area contributed by atoms with Crippen molar-refractivity contribution in [3.63, 3.8) is 0 Å². The van der Waals surface area contributed by atoms with Crippen LogP contribution in [0.15, 0.2) is 12.1 Å². The first-order valence-electron chi connectivity index (χ1n) is 4.72. The van der Waals surface area contributed by atoms with Gasteiger partial charge >= 0.3 is 0 Å². The molecule has 1 rings (SSSR count). The Hall–Kier alpha value is -1.49. The van der Waals surface area contributed by atoms with Crippen molar-refractivity contribution >= 4 is 0 Å². The van der Waals surface area contributed by atoms with Gasteiger partial charge in [0.05, 0.1) is 6.54 Å². The van der Waals surface area contributed by atoms with Gasteiger partial charge in [-0.25, -0.2) is 0 Å². The maximum atomic E-state index is 8.69. The molecule has 1 aromatic rings. The van der Waals surface area contributed by atoms with E-state index in [1.165, 1.54) is 22.3 Å². The molecule has 2 heteroatoms. The molecule has 0 aromatic heterocycles. The highest BCUT2D eigenvalue weighted by molar-refractivity contribution is 5.38. The van der Waals surface area contributed by atoms with Crippen LogP contribution in [-0.2, 0) is 6.54 Å². The highest BCUT2D eigenvalue weighted by Gasteiger charge is 2.05. The molecule has 0 saturated carbocycles. The Bertz CT molecular complexity index is 375. The van der Waals surface area contributed by atoms with Crippen molar-refractivity contribution in [3.05, 3.63) is 34.4 Å². The summed E-state index contributed by atoms with van der Waals surface area (Å²) in [5, 5.41) is 8.69. The molecule has 0 radical (unpaired) electrons. The van der Waals surface area contributed by atoms with Crippen LogP contribution >= 0.6 is 0 Å². The Balaban J connectivity index is 3.01. The van der Waals surface area contributed by atoms with Crippen molar-refractivity contribution in [2.75, 3.05) is 7.05 Å². The standard InChI is InChI=1S/C12H16N2/c1-9-5-6-12(7-14(4)8-13)11(3)10(9)2/h5-6H,7H2,1-4H3. The third-order valence-corrected chi connectivity index (χ3v) is 2.75. The van der Waals surface area contributed by atoms with E-state index in [-0.39, 0.29) is 0 Å². The third kappa shape index (κ3) is 2.05. The van der Waals surface area contributed by atoms with E-state index < -0.39 is 0 Å². The predicted molar refractivity (Wildman–Crippen MR) is 57.7 cm³/mol. The van der Waals surface area contributed by atoms with Crippen LogP contribution in [-0.4, -0.2) is 11.9 Å². The minimum atomic E-state index is 0.698. The molecule has 0 amide bonds. The highest BCUT2D eigenvalue weighted by Crippen LogP contribution is 2.17. The fourth-order valence-electron chi connectivity index (χ4n) is 1.47. The average Bonchev–Trinajstić information content (AvgIpc) is 2.19. The molecular formula is C12H16N2. The van der Waals surface area contributed by atoms with Crippen molar-refractivity contribution in [2.45, 2.75) is 27.3 Å². The third-order valence-electron chi connectivity index (χ3n) is 2.75. The summed E-state index contributed by atoms with van der Waals surface area (Å²) >= 11 is 0. The molecule has 0 atom stereocenters. The van der Waals surface area contributed by atoms with Gasteiger partial charge < -0.3 is 4.90 Å². The van der Waals surface area contributed by atoms with Gasteiger partial charge in [-0.2, -0.15) is 5.26 Å². The van der Waals surface area contributed by atoms with Crippen LogP contribution in [0.1, 0.15) is 22.3 Å². The molecule has 0 aliphatic carbocycles. The molecule has 0 aliphatic heterocycles. The zero-order valence-electron chi connectivity index (χ0n) is 9.26. The molecule has 0 heterocycles. The second-order valence-corrected chi connectivity index (χ2v) is 3.75. The Kier molecular flexibility index (Phi) is 3.14. The van der Waals surface area contributed by atoms with Crippen LogP contribution in [0.4, 0.5) is 0 Å². The van der Waals surface area contributed by atoms with E-state index in [9.17, 15) is 0 Å². The van der Waals surface area contributed by atoms with Crippen molar-refractivity contribution in [1.82, 2.24) is 4.90 Å². The topological polar surface area (TPSA) is 27.0 Å². The number of hydrogen-bond acceptors (Lipinski definition) is 2. The Morgan fingerprint density at radius 1 is 1.21 bits per heavy atom. The molecule has 0 spiro atoms. The van der Waals surface area contributed by atoms with Gasteiger partial charge in [0, 0.05) is 7.05 Å². The summed E-state index contributed by atoms with van der Waals surface area (Å²) in [7, 11) is 1.80. The van der Waals surface area contributed by atoms with E-state index >= 15 is 0 Å². The number of aryl methyl sites for hydroxylation is 1. The van der Waals surface area contributed by atoms with E-state index in [4.69, 9.17) is 5.26 Å². The molecule has 0 fully saturated rings. The normalized spacial score (nSPS) is 9.64. The first kappa shape index (κ1) is 10.6. The number of hydrogen-bond donors (Lipinski definition) is 0. The Morgan fingerprint density at radius 3 is 2.43 bits per heavy atom. The molecule has 0 unspecified atom stereocenters. The Morgan fingerprint density at radius 2 is 1.86 bits per heavy atom. The lowest BCUT2D eigenvalue weighted by Gasteiger charge is -2.14. The number of rotatable bonds is 2. The van der Waals surface area contributed by atoms with Gasteiger partial charge in [0.2, 0.25) is 0 Å². The molecular weight excluding hydrogens is 172 g/mol. The summed E-state index contributed by atoms with van der Waals surface area (Å²) in [5.74, 6) is 0. The van der Waals surface area contributed by atoms with Crippen LogP contribution in [0.25, 0.3) is 0 Å². The van der Waals surface area contributed by atoms with E-state index in [2.05, 4.69) is 39.1 Å². The van der Waals surface area contributed by atoms with Gasteiger partial charge in [-0.05, 0) is 43.0 Å². The van der Waals surface area contributed by atoms with E-state index in [0.29, 0.717) is 6.54 Å². The van der Waals surface area contributed by atoms with E-state index in [0.717, 1.165) is 0 Å². The van der Waals surface area contributed by atoms with Crippen LogP contribution in [0.5, 0.6) is 0 Å². The molecule has 14 heavy (non-hydrogen) atoms. The van der Waals surface area contributed by atoms with Gasteiger partial charge in [0.25, 0.3) is 0 Å². The summed E-state index contributed by atoms with van der Waals surface area (Å²) in [6.45, 7) is 7.05. The lowest BCUT2D eigenvalue weighted by molar-refractivity contribution is 0.468. The van der Waals surface area contributed by atoms with Crippen LogP contribution in [0.2, 0.25) is 0 Å². The molecule has 0 N–H and O–H groups in total. The van der Waals surface area contributed by atoms with Gasteiger partial charge in [0.15, 0.2) is 6.19 Å². The lowest BCUT2D eigenvalue weighted by atomic mass is 9.99. The minimum absolute atomic E-state index is 0.698. The molecule has 0 bridgehead atoms. The summed E-state index contributed by atoms with van der Waals surface area (Å²) in [4.78, 5) is 1.64. The molecule has 0 saturated heterocycles. The van der Waals surface area contributed by atoms with Crippen molar-refractivity contribution in [1.29, 1.82) is 5.26 Å². The monoisotopic (exact) mass is 188 g/mol. The van der Waals surface area contributed by atoms with Gasteiger partial charge in [-0.1, -0.05) is 12.1 Å². The second-order valence-electron chi connectivity index (χ2n) is 3.75. The van der Waals surface area contributed by atoms with E-state index in [1.807, 2.05) is 0 Å². The zero-order chi connectivity index (χ0) is 10.7. The van der Waals surface area contributed by atoms with Crippen molar-refractivity contribution in [2.24, 2.45) is 0 Å². The van der Waals surface area contributed by atoms with Crippen LogP contribution in [0.3, 0.4) is 0 Å². The van der Waals surface area contributed by atoms with Gasteiger partial charge in [-0.15, -0.1) is 0 Å². The lowest BCUT2D eigenvalue weighted by Crippen LogP contribution is -2.11. The van der Waals surface area contributed by atoms with Gasteiger partial charge in [-0.3, -0.25) is 0 Å². The molecule has 74 valence electrons. The molecule has 1 aromatic carbocycles. The smallest absolute Gasteiger partial charge is 0.179 e. The maximum absolute atomic E-state index is 8.69. The van der Waals surface area contributed by atoms with E-state index in [1.54, 1.807) is 11.9 Å². The number of benzene rings is 1. The Labute approximate surface area is 85.8 Å². The quantitative estimate of drug-likeness (QED) is 0.526. The predicted octanol–water partition coefficient (Wildman–Crippen LogP) is 2.52. The zero-order valence-corrected chi connectivity index (χ0v) is 9.26. The largest absolute Gasteiger partial charge is 0.309 e. The van der Waals surface area contributed by atoms with Crippen molar-refractivity contribution < 1.29 is 0 Å². The molecule has 2 nitrogen and oxygen atoms in total. The fourth-order valence-corrected chi connectivity index (χ4v) is 1.47. The first-order valence-corrected chi connectivity index (χ1v) is 4.72. The summed E-state index contributed by atoms with van der Waals surface area (Å²) in [6, 6.07) is 4.22. The second kappa shape index (κ2) is 4.15. The minimum Gasteiger partial charge on any atom is -0.309 e.